The summed E-state index contributed by atoms with van der Waals surface area (Å²) in [4.78, 5) is 12.1. The lowest BCUT2D eigenvalue weighted by Gasteiger charge is -2.17. The van der Waals surface area contributed by atoms with Crippen LogP contribution in [-0.2, 0) is 4.74 Å². The molecule has 0 heterocycles. The van der Waals surface area contributed by atoms with Crippen molar-refractivity contribution in [3.63, 3.8) is 0 Å². The molecule has 0 aromatic heterocycles. The molecule has 0 bridgehead atoms. The summed E-state index contributed by atoms with van der Waals surface area (Å²) in [6.07, 6.45) is 0.491. The summed E-state index contributed by atoms with van der Waals surface area (Å²) < 4.78 is 5.02. The Balaban J connectivity index is 2.76. The maximum atomic E-state index is 12.1. The van der Waals surface area contributed by atoms with Crippen LogP contribution in [0.15, 0.2) is 18.2 Å². The lowest BCUT2D eigenvalue weighted by Crippen LogP contribution is -2.39. The Morgan fingerprint density at radius 2 is 2.17 bits per heavy atom. The molecule has 0 saturated heterocycles. The van der Waals surface area contributed by atoms with Crippen LogP contribution in [-0.4, -0.2) is 37.4 Å². The van der Waals surface area contributed by atoms with Crippen molar-refractivity contribution < 1.29 is 14.6 Å². The molecule has 2 N–H and O–H groups in total. The van der Waals surface area contributed by atoms with E-state index in [1.807, 2.05) is 32.0 Å². The predicted octanol–water partition coefficient (Wildman–Crippen LogP) is 1.43. The van der Waals surface area contributed by atoms with Crippen LogP contribution in [0, 0.1) is 13.8 Å². The number of hydrogen-bond acceptors (Lipinski definition) is 3. The molecule has 1 atom stereocenters. The number of ether oxygens (including phenoxy) is 1. The summed E-state index contributed by atoms with van der Waals surface area (Å²) in [5.41, 5.74) is 2.67. The van der Waals surface area contributed by atoms with Gasteiger partial charge < -0.3 is 15.2 Å². The van der Waals surface area contributed by atoms with Gasteiger partial charge in [-0.05, 0) is 31.9 Å². The third kappa shape index (κ3) is 4.13. The van der Waals surface area contributed by atoms with Crippen LogP contribution >= 0.6 is 0 Å². The van der Waals surface area contributed by atoms with E-state index in [9.17, 15) is 4.79 Å². The van der Waals surface area contributed by atoms with Crippen molar-refractivity contribution in [1.29, 1.82) is 0 Å². The first-order valence-corrected chi connectivity index (χ1v) is 6.06. The minimum atomic E-state index is -0.160. The average molecular weight is 251 g/mol. The molecule has 1 unspecified atom stereocenters. The van der Waals surface area contributed by atoms with Crippen molar-refractivity contribution >= 4 is 5.91 Å². The zero-order valence-corrected chi connectivity index (χ0v) is 11.2. The molecule has 0 spiro atoms. The molecule has 4 heteroatoms. The first-order valence-electron chi connectivity index (χ1n) is 6.06. The van der Waals surface area contributed by atoms with Crippen LogP contribution in [0.3, 0.4) is 0 Å². The molecule has 0 saturated carbocycles. The lowest BCUT2D eigenvalue weighted by atomic mass is 10.0. The van der Waals surface area contributed by atoms with Gasteiger partial charge in [0, 0.05) is 19.3 Å². The van der Waals surface area contributed by atoms with Crippen LogP contribution in [0.4, 0.5) is 0 Å². The maximum Gasteiger partial charge on any atom is 0.251 e. The first kappa shape index (κ1) is 14.7. The van der Waals surface area contributed by atoms with E-state index in [2.05, 4.69) is 5.32 Å². The normalized spacial score (nSPS) is 12.2. The quantitative estimate of drug-likeness (QED) is 0.804. The Labute approximate surface area is 108 Å². The number of methoxy groups -OCH3 is 1. The number of nitrogens with one attached hydrogen (secondary N) is 1. The minimum Gasteiger partial charge on any atom is -0.396 e. The molecule has 1 aromatic rings. The van der Waals surface area contributed by atoms with Crippen LogP contribution in [0.5, 0.6) is 0 Å². The van der Waals surface area contributed by atoms with Crippen molar-refractivity contribution in [3.8, 4) is 0 Å². The van der Waals surface area contributed by atoms with E-state index in [-0.39, 0.29) is 18.6 Å². The Morgan fingerprint density at radius 1 is 1.44 bits per heavy atom. The molecule has 1 amide bonds. The number of benzene rings is 1. The van der Waals surface area contributed by atoms with Crippen LogP contribution in [0.1, 0.15) is 27.9 Å². The fraction of sp³-hybridized carbons (Fsp3) is 0.500. The molecule has 0 aliphatic rings. The number of amides is 1. The van der Waals surface area contributed by atoms with Gasteiger partial charge in [-0.25, -0.2) is 0 Å². The third-order valence-electron chi connectivity index (χ3n) is 2.82. The van der Waals surface area contributed by atoms with E-state index in [1.54, 1.807) is 7.11 Å². The van der Waals surface area contributed by atoms with Gasteiger partial charge in [0.05, 0.1) is 12.6 Å². The van der Waals surface area contributed by atoms with E-state index in [1.165, 1.54) is 0 Å². The molecule has 4 nitrogen and oxygen atoms in total. The van der Waals surface area contributed by atoms with E-state index in [4.69, 9.17) is 9.84 Å². The van der Waals surface area contributed by atoms with E-state index in [0.29, 0.717) is 18.6 Å². The van der Waals surface area contributed by atoms with Gasteiger partial charge in [0.15, 0.2) is 0 Å². The number of carbonyl (C=O) groups excluding carboxylic acids is 1. The Hall–Kier alpha value is -1.39. The fourth-order valence-corrected chi connectivity index (χ4v) is 1.80. The number of aliphatic hydroxyl groups is 1. The largest absolute Gasteiger partial charge is 0.396 e. The first-order chi connectivity index (χ1) is 8.58. The molecule has 18 heavy (non-hydrogen) atoms. The van der Waals surface area contributed by atoms with Crippen molar-refractivity contribution in [2.75, 3.05) is 20.3 Å². The van der Waals surface area contributed by atoms with Crippen molar-refractivity contribution in [1.82, 2.24) is 5.32 Å². The molecule has 100 valence electrons. The zero-order chi connectivity index (χ0) is 13.5. The number of aliphatic hydroxyl groups excluding tert-OH is 1. The number of aryl methyl sites for hydroxylation is 2. The molecular weight excluding hydrogens is 230 g/mol. The Morgan fingerprint density at radius 3 is 2.78 bits per heavy atom. The van der Waals surface area contributed by atoms with Gasteiger partial charge in [-0.2, -0.15) is 0 Å². The fourth-order valence-electron chi connectivity index (χ4n) is 1.80. The highest BCUT2D eigenvalue weighted by molar-refractivity contribution is 5.96. The van der Waals surface area contributed by atoms with Gasteiger partial charge >= 0.3 is 0 Å². The predicted molar refractivity (Wildman–Crippen MR) is 70.7 cm³/mol. The van der Waals surface area contributed by atoms with Crippen molar-refractivity contribution in [2.45, 2.75) is 26.3 Å². The summed E-state index contributed by atoms with van der Waals surface area (Å²) >= 11 is 0. The lowest BCUT2D eigenvalue weighted by molar-refractivity contribution is 0.0878. The summed E-state index contributed by atoms with van der Waals surface area (Å²) in [7, 11) is 1.58. The molecule has 0 aliphatic carbocycles. The average Bonchev–Trinajstić information content (AvgIpc) is 2.33. The SMILES string of the molecule is COCC(CCO)NC(=O)c1cc(C)ccc1C. The monoisotopic (exact) mass is 251 g/mol. The van der Waals surface area contributed by atoms with Crippen molar-refractivity contribution in [3.05, 3.63) is 34.9 Å². The topological polar surface area (TPSA) is 58.6 Å². The van der Waals surface area contributed by atoms with E-state index in [0.717, 1.165) is 11.1 Å². The second kappa shape index (κ2) is 7.13. The molecule has 1 aromatic carbocycles. The second-order valence-corrected chi connectivity index (χ2v) is 4.46. The van der Waals surface area contributed by atoms with Gasteiger partial charge in [0.25, 0.3) is 5.91 Å². The van der Waals surface area contributed by atoms with Crippen molar-refractivity contribution in [2.24, 2.45) is 0 Å². The molecular formula is C14H21NO3. The van der Waals surface area contributed by atoms with Crippen LogP contribution in [0.2, 0.25) is 0 Å². The van der Waals surface area contributed by atoms with E-state index >= 15 is 0 Å². The summed E-state index contributed by atoms with van der Waals surface area (Å²) in [6.45, 7) is 4.29. The molecule has 0 radical (unpaired) electrons. The number of hydrogen-bond donors (Lipinski definition) is 2. The van der Waals surface area contributed by atoms with Crippen LogP contribution in [0.25, 0.3) is 0 Å². The van der Waals surface area contributed by atoms with Gasteiger partial charge in [-0.15, -0.1) is 0 Å². The second-order valence-electron chi connectivity index (χ2n) is 4.46. The summed E-state index contributed by atoms with van der Waals surface area (Å²) in [5.74, 6) is -0.119. The van der Waals surface area contributed by atoms with Gasteiger partial charge in [0.2, 0.25) is 0 Å². The molecule has 1 rings (SSSR count). The Bertz CT molecular complexity index is 398. The van der Waals surface area contributed by atoms with Gasteiger partial charge in [0.1, 0.15) is 0 Å². The standard InChI is InChI=1S/C14H21NO3/c1-10-4-5-11(2)13(8-10)14(17)15-12(6-7-16)9-18-3/h4-5,8,12,16H,6-7,9H2,1-3H3,(H,15,17). The number of carbonyl (C=O) groups is 1. The smallest absolute Gasteiger partial charge is 0.251 e. The van der Waals surface area contributed by atoms with Gasteiger partial charge in [-0.3, -0.25) is 4.79 Å². The van der Waals surface area contributed by atoms with Crippen LogP contribution < -0.4 is 5.32 Å². The Kier molecular flexibility index (Phi) is 5.82. The highest BCUT2D eigenvalue weighted by atomic mass is 16.5. The maximum absolute atomic E-state index is 12.1. The summed E-state index contributed by atoms with van der Waals surface area (Å²) in [6, 6.07) is 5.62. The highest BCUT2D eigenvalue weighted by Gasteiger charge is 2.14. The zero-order valence-electron chi connectivity index (χ0n) is 11.2. The molecule has 0 fully saturated rings. The highest BCUT2D eigenvalue weighted by Crippen LogP contribution is 2.11. The summed E-state index contributed by atoms with van der Waals surface area (Å²) in [5, 5.41) is 11.8. The minimum absolute atomic E-state index is 0.0289. The third-order valence-corrected chi connectivity index (χ3v) is 2.82. The number of rotatable bonds is 6. The molecule has 0 aliphatic heterocycles. The van der Waals surface area contributed by atoms with Gasteiger partial charge in [-0.1, -0.05) is 17.7 Å². The van der Waals surface area contributed by atoms with E-state index < -0.39 is 0 Å².